The van der Waals surface area contributed by atoms with Gasteiger partial charge in [-0.25, -0.2) is 0 Å². The molecule has 0 unspecified atom stereocenters. The molecule has 1 atom stereocenters. The number of nitrogens with one attached hydrogen (secondary N) is 1. The first-order chi connectivity index (χ1) is 9.24. The van der Waals surface area contributed by atoms with Crippen LogP contribution in [0.15, 0.2) is 30.9 Å². The largest absolute Gasteiger partial charge is 0.507 e. The van der Waals surface area contributed by atoms with Crippen LogP contribution in [-0.4, -0.2) is 36.2 Å². The third kappa shape index (κ3) is 3.37. The number of aromatic hydroxyl groups is 1. The minimum Gasteiger partial charge on any atom is -0.507 e. The zero-order valence-corrected chi connectivity index (χ0v) is 11.7. The molecule has 0 aliphatic carbocycles. The number of para-hydroxylation sites is 1. The Morgan fingerprint density at radius 2 is 2.16 bits per heavy atom. The summed E-state index contributed by atoms with van der Waals surface area (Å²) in [6.07, 6.45) is 3.95. The van der Waals surface area contributed by atoms with E-state index in [0.29, 0.717) is 11.8 Å². The average Bonchev–Trinajstić information content (AvgIpc) is 2.45. The maximum absolute atomic E-state index is 10.3. The molecule has 0 aromatic heterocycles. The van der Waals surface area contributed by atoms with Crippen LogP contribution in [0, 0.1) is 6.92 Å². The number of phenols is 1. The first kappa shape index (κ1) is 14.1. The fraction of sp³-hybridized carbons (Fsp3) is 0.500. The second-order valence-electron chi connectivity index (χ2n) is 5.18. The Bertz CT molecular complexity index is 425. The van der Waals surface area contributed by atoms with Crippen LogP contribution < -0.4 is 5.32 Å². The number of allylic oxidation sites excluding steroid dienone is 1. The van der Waals surface area contributed by atoms with E-state index in [9.17, 15) is 5.11 Å². The van der Waals surface area contributed by atoms with Gasteiger partial charge in [0.15, 0.2) is 0 Å². The van der Waals surface area contributed by atoms with Crippen molar-refractivity contribution in [3.05, 3.63) is 42.0 Å². The van der Waals surface area contributed by atoms with E-state index in [4.69, 9.17) is 0 Å². The standard InChI is InChI=1S/C16H24N2O/c1-3-4-8-15(18-11-9-17-10-12-18)14-7-5-6-13(2)16(14)19/h3,5-7,15,17,19H,1,4,8-12H2,2H3/t15-/m1/s1. The summed E-state index contributed by atoms with van der Waals surface area (Å²) in [5.41, 5.74) is 2.01. The molecule has 19 heavy (non-hydrogen) atoms. The summed E-state index contributed by atoms with van der Waals surface area (Å²) in [4.78, 5) is 2.47. The predicted molar refractivity (Wildman–Crippen MR) is 79.5 cm³/mol. The molecule has 0 amide bonds. The minimum absolute atomic E-state index is 0.292. The van der Waals surface area contributed by atoms with Crippen LogP contribution in [0.25, 0.3) is 0 Å². The molecule has 1 aromatic rings. The molecule has 0 spiro atoms. The van der Waals surface area contributed by atoms with Crippen molar-refractivity contribution in [1.29, 1.82) is 0 Å². The molecular weight excluding hydrogens is 236 g/mol. The molecule has 1 saturated heterocycles. The first-order valence-electron chi connectivity index (χ1n) is 7.08. The molecule has 2 rings (SSSR count). The highest BCUT2D eigenvalue weighted by Gasteiger charge is 2.24. The van der Waals surface area contributed by atoms with E-state index < -0.39 is 0 Å². The highest BCUT2D eigenvalue weighted by atomic mass is 16.3. The van der Waals surface area contributed by atoms with E-state index in [1.807, 2.05) is 25.1 Å². The molecule has 3 heteroatoms. The zero-order chi connectivity index (χ0) is 13.7. The van der Waals surface area contributed by atoms with Crippen LogP contribution in [0.2, 0.25) is 0 Å². The molecule has 1 aliphatic heterocycles. The Morgan fingerprint density at radius 3 is 2.84 bits per heavy atom. The fourth-order valence-corrected chi connectivity index (χ4v) is 2.75. The van der Waals surface area contributed by atoms with Crippen molar-refractivity contribution in [2.45, 2.75) is 25.8 Å². The highest BCUT2D eigenvalue weighted by Crippen LogP contribution is 2.34. The topological polar surface area (TPSA) is 35.5 Å². The van der Waals surface area contributed by atoms with E-state index in [1.54, 1.807) is 0 Å². The molecule has 1 aromatic carbocycles. The van der Waals surface area contributed by atoms with Gasteiger partial charge < -0.3 is 10.4 Å². The lowest BCUT2D eigenvalue weighted by atomic mass is 9.96. The van der Waals surface area contributed by atoms with Crippen molar-refractivity contribution in [3.8, 4) is 5.75 Å². The van der Waals surface area contributed by atoms with Crippen LogP contribution in [-0.2, 0) is 0 Å². The van der Waals surface area contributed by atoms with Crippen LogP contribution in [0.5, 0.6) is 5.75 Å². The molecule has 3 nitrogen and oxygen atoms in total. The van der Waals surface area contributed by atoms with Crippen LogP contribution in [0.4, 0.5) is 0 Å². The number of piperazine rings is 1. The summed E-state index contributed by atoms with van der Waals surface area (Å²) in [6, 6.07) is 6.34. The minimum atomic E-state index is 0.292. The van der Waals surface area contributed by atoms with Gasteiger partial charge in [-0.05, 0) is 25.3 Å². The summed E-state index contributed by atoms with van der Waals surface area (Å²) in [7, 11) is 0. The lowest BCUT2D eigenvalue weighted by Crippen LogP contribution is -2.45. The summed E-state index contributed by atoms with van der Waals surface area (Å²) in [6.45, 7) is 9.90. The molecule has 2 N–H and O–H groups in total. The smallest absolute Gasteiger partial charge is 0.123 e. The van der Waals surface area contributed by atoms with E-state index in [-0.39, 0.29) is 0 Å². The molecule has 0 saturated carbocycles. The summed E-state index contributed by atoms with van der Waals surface area (Å²) >= 11 is 0. The number of nitrogens with zero attached hydrogens (tertiary/aromatic N) is 1. The Balaban J connectivity index is 2.24. The number of rotatable bonds is 5. The Labute approximate surface area is 115 Å². The van der Waals surface area contributed by atoms with Gasteiger partial charge in [-0.1, -0.05) is 24.3 Å². The third-order valence-corrected chi connectivity index (χ3v) is 3.86. The lowest BCUT2D eigenvalue weighted by Gasteiger charge is -2.35. The van der Waals surface area contributed by atoms with Gasteiger partial charge in [0.1, 0.15) is 5.75 Å². The highest BCUT2D eigenvalue weighted by molar-refractivity contribution is 5.41. The van der Waals surface area contributed by atoms with Crippen LogP contribution in [0.3, 0.4) is 0 Å². The zero-order valence-electron chi connectivity index (χ0n) is 11.7. The second kappa shape index (κ2) is 6.73. The number of benzene rings is 1. The predicted octanol–water partition coefficient (Wildman–Crippen LogP) is 2.61. The van der Waals surface area contributed by atoms with Gasteiger partial charge in [0.2, 0.25) is 0 Å². The molecule has 0 bridgehead atoms. The van der Waals surface area contributed by atoms with E-state index in [2.05, 4.69) is 22.9 Å². The maximum Gasteiger partial charge on any atom is 0.123 e. The van der Waals surface area contributed by atoms with Gasteiger partial charge >= 0.3 is 0 Å². The molecule has 1 aliphatic rings. The van der Waals surface area contributed by atoms with E-state index >= 15 is 0 Å². The Morgan fingerprint density at radius 1 is 1.42 bits per heavy atom. The van der Waals surface area contributed by atoms with Crippen LogP contribution in [0.1, 0.15) is 30.0 Å². The lowest BCUT2D eigenvalue weighted by molar-refractivity contribution is 0.163. The number of hydrogen-bond donors (Lipinski definition) is 2. The molecular formula is C16H24N2O. The van der Waals surface area contributed by atoms with Gasteiger partial charge in [-0.3, -0.25) is 4.90 Å². The third-order valence-electron chi connectivity index (χ3n) is 3.86. The molecule has 104 valence electrons. The molecule has 0 radical (unpaired) electrons. The van der Waals surface area contributed by atoms with Crippen molar-refractivity contribution in [3.63, 3.8) is 0 Å². The van der Waals surface area contributed by atoms with Crippen LogP contribution >= 0.6 is 0 Å². The normalized spacial score (nSPS) is 18.2. The molecule has 1 heterocycles. The summed E-state index contributed by atoms with van der Waals surface area (Å²) in [5.74, 6) is 0.454. The number of hydrogen-bond acceptors (Lipinski definition) is 3. The first-order valence-corrected chi connectivity index (χ1v) is 7.08. The summed E-state index contributed by atoms with van der Waals surface area (Å²) < 4.78 is 0. The maximum atomic E-state index is 10.3. The van der Waals surface area contributed by atoms with Gasteiger partial charge in [-0.15, -0.1) is 6.58 Å². The van der Waals surface area contributed by atoms with Crippen molar-refractivity contribution >= 4 is 0 Å². The second-order valence-corrected chi connectivity index (χ2v) is 5.18. The van der Waals surface area contributed by atoms with Crippen molar-refractivity contribution < 1.29 is 5.11 Å². The Hall–Kier alpha value is -1.32. The average molecular weight is 260 g/mol. The Kier molecular flexibility index (Phi) is 5.00. The van der Waals surface area contributed by atoms with Crippen molar-refractivity contribution in [1.82, 2.24) is 10.2 Å². The van der Waals surface area contributed by atoms with Gasteiger partial charge in [0.05, 0.1) is 0 Å². The summed E-state index contributed by atoms with van der Waals surface area (Å²) in [5, 5.41) is 13.7. The number of aryl methyl sites for hydroxylation is 1. The quantitative estimate of drug-likeness (QED) is 0.799. The van der Waals surface area contributed by atoms with E-state index in [0.717, 1.165) is 50.1 Å². The number of phenolic OH excluding ortho intramolecular Hbond substituents is 1. The van der Waals surface area contributed by atoms with Gasteiger partial charge in [0.25, 0.3) is 0 Å². The van der Waals surface area contributed by atoms with Crippen molar-refractivity contribution in [2.75, 3.05) is 26.2 Å². The van der Waals surface area contributed by atoms with Gasteiger partial charge in [0, 0.05) is 37.8 Å². The SMILES string of the molecule is C=CCC[C@H](c1cccc(C)c1O)N1CCNCC1. The fourth-order valence-electron chi connectivity index (χ4n) is 2.75. The van der Waals surface area contributed by atoms with Gasteiger partial charge in [-0.2, -0.15) is 0 Å². The monoisotopic (exact) mass is 260 g/mol. The van der Waals surface area contributed by atoms with Crippen molar-refractivity contribution in [2.24, 2.45) is 0 Å². The van der Waals surface area contributed by atoms with E-state index in [1.165, 1.54) is 0 Å². The molecule has 1 fully saturated rings.